The molecular weight excluding hydrogens is 240 g/mol. The molecule has 6 heteroatoms. The lowest BCUT2D eigenvalue weighted by atomic mass is 10.4. The molecule has 0 heterocycles. The molecule has 0 aromatic carbocycles. The van der Waals surface area contributed by atoms with Crippen molar-refractivity contribution in [2.75, 3.05) is 26.1 Å². The normalized spacial score (nSPS) is 11.3. The van der Waals surface area contributed by atoms with Crippen molar-refractivity contribution in [2.24, 2.45) is 0 Å². The molecule has 0 aromatic heterocycles. The lowest BCUT2D eigenvalue weighted by molar-refractivity contribution is -0.139. The van der Waals surface area contributed by atoms with Crippen LogP contribution >= 0.6 is 0 Å². The summed E-state index contributed by atoms with van der Waals surface area (Å²) in [6.45, 7) is 12.0. The zero-order valence-electron chi connectivity index (χ0n) is 11.1. The highest BCUT2D eigenvalue weighted by Gasteiger charge is 2.42. The standard InChI is InChI=1S/C11H22O5Si/c1-6-14-17(15-7-2,16-8-3)9-13-11(12)10(4)5/h4,6-9H2,1-3,5H3. The minimum atomic E-state index is -2.89. The van der Waals surface area contributed by atoms with E-state index in [4.69, 9.17) is 18.0 Å². The number of hydrogen-bond acceptors (Lipinski definition) is 5. The average Bonchev–Trinajstić information content (AvgIpc) is 2.27. The summed E-state index contributed by atoms with van der Waals surface area (Å²) in [4.78, 5) is 11.3. The minimum absolute atomic E-state index is 0.0220. The van der Waals surface area contributed by atoms with Crippen LogP contribution in [0.2, 0.25) is 0 Å². The maximum absolute atomic E-state index is 11.3. The van der Waals surface area contributed by atoms with Crippen molar-refractivity contribution in [1.29, 1.82) is 0 Å². The van der Waals surface area contributed by atoms with Gasteiger partial charge in [0.25, 0.3) is 0 Å². The number of carbonyl (C=O) groups is 1. The van der Waals surface area contributed by atoms with E-state index in [1.165, 1.54) is 0 Å². The van der Waals surface area contributed by atoms with Gasteiger partial charge in [0.15, 0.2) is 6.23 Å². The molecule has 0 fully saturated rings. The van der Waals surface area contributed by atoms with E-state index in [-0.39, 0.29) is 6.23 Å². The van der Waals surface area contributed by atoms with E-state index in [1.807, 2.05) is 20.8 Å². The van der Waals surface area contributed by atoms with Gasteiger partial charge in [0, 0.05) is 25.4 Å². The maximum Gasteiger partial charge on any atom is 0.540 e. The first-order valence-corrected chi connectivity index (χ1v) is 7.69. The first kappa shape index (κ1) is 16.3. The Labute approximate surface area is 104 Å². The summed E-state index contributed by atoms with van der Waals surface area (Å²) >= 11 is 0. The highest BCUT2D eigenvalue weighted by Crippen LogP contribution is 2.11. The SMILES string of the molecule is C=C(C)C(=O)OC[Si](OCC)(OCC)OCC. The van der Waals surface area contributed by atoms with E-state index in [1.54, 1.807) is 6.92 Å². The molecule has 0 atom stereocenters. The number of hydrogen-bond donors (Lipinski definition) is 0. The third kappa shape index (κ3) is 5.97. The monoisotopic (exact) mass is 262 g/mol. The van der Waals surface area contributed by atoms with Gasteiger partial charge in [-0.1, -0.05) is 6.58 Å². The van der Waals surface area contributed by atoms with Gasteiger partial charge < -0.3 is 18.0 Å². The first-order valence-electron chi connectivity index (χ1n) is 5.75. The maximum atomic E-state index is 11.3. The fourth-order valence-corrected chi connectivity index (χ4v) is 3.31. The van der Waals surface area contributed by atoms with Gasteiger partial charge in [-0.05, 0) is 27.7 Å². The van der Waals surface area contributed by atoms with Crippen LogP contribution in [0.3, 0.4) is 0 Å². The highest BCUT2D eigenvalue weighted by atomic mass is 28.4. The average molecular weight is 262 g/mol. The molecule has 0 amide bonds. The third-order valence-corrected chi connectivity index (χ3v) is 4.50. The summed E-state index contributed by atoms with van der Waals surface area (Å²) in [6.07, 6.45) is 0.0220. The van der Waals surface area contributed by atoms with Crippen LogP contribution in [-0.2, 0) is 22.8 Å². The van der Waals surface area contributed by atoms with Crippen LogP contribution in [0.4, 0.5) is 0 Å². The summed E-state index contributed by atoms with van der Waals surface area (Å²) in [5.41, 5.74) is 0.345. The van der Waals surface area contributed by atoms with Crippen LogP contribution in [0.1, 0.15) is 27.7 Å². The van der Waals surface area contributed by atoms with Gasteiger partial charge in [0.2, 0.25) is 0 Å². The molecule has 0 aromatic rings. The Bertz CT molecular complexity index is 237. The van der Waals surface area contributed by atoms with Crippen molar-refractivity contribution in [1.82, 2.24) is 0 Å². The van der Waals surface area contributed by atoms with Gasteiger partial charge in [-0.2, -0.15) is 0 Å². The second-order valence-corrected chi connectivity index (χ2v) is 5.86. The fourth-order valence-electron chi connectivity index (χ4n) is 1.19. The Morgan fingerprint density at radius 3 is 1.76 bits per heavy atom. The predicted molar refractivity (Wildman–Crippen MR) is 66.4 cm³/mol. The molecule has 0 saturated carbocycles. The molecule has 100 valence electrons. The van der Waals surface area contributed by atoms with Crippen molar-refractivity contribution < 1.29 is 22.8 Å². The molecule has 17 heavy (non-hydrogen) atoms. The Morgan fingerprint density at radius 2 is 1.47 bits per heavy atom. The van der Waals surface area contributed by atoms with E-state index in [9.17, 15) is 4.79 Å². The number of rotatable bonds is 9. The Morgan fingerprint density at radius 1 is 1.06 bits per heavy atom. The largest absolute Gasteiger partial charge is 0.540 e. The van der Waals surface area contributed by atoms with E-state index in [0.29, 0.717) is 25.4 Å². The molecular formula is C11H22O5Si. The van der Waals surface area contributed by atoms with Gasteiger partial charge in [-0.3, -0.25) is 0 Å². The molecule has 0 aliphatic heterocycles. The topological polar surface area (TPSA) is 54.0 Å². The Kier molecular flexibility index (Phi) is 8.06. The quantitative estimate of drug-likeness (QED) is 0.359. The van der Waals surface area contributed by atoms with E-state index in [0.717, 1.165) is 0 Å². The summed E-state index contributed by atoms with van der Waals surface area (Å²) in [6, 6.07) is 0. The summed E-state index contributed by atoms with van der Waals surface area (Å²) in [7, 11) is -2.89. The van der Waals surface area contributed by atoms with Gasteiger partial charge in [0.1, 0.15) is 0 Å². The molecule has 0 aliphatic carbocycles. The molecule has 5 nitrogen and oxygen atoms in total. The molecule has 0 aliphatic rings. The zero-order chi connectivity index (χ0) is 13.3. The van der Waals surface area contributed by atoms with Crippen LogP contribution < -0.4 is 0 Å². The first-order chi connectivity index (χ1) is 8.01. The lowest BCUT2D eigenvalue weighted by Gasteiger charge is -2.27. The van der Waals surface area contributed by atoms with Gasteiger partial charge >= 0.3 is 14.8 Å². The van der Waals surface area contributed by atoms with Crippen molar-refractivity contribution in [3.8, 4) is 0 Å². The van der Waals surface area contributed by atoms with E-state index < -0.39 is 14.8 Å². The third-order valence-electron chi connectivity index (χ3n) is 1.82. The smallest absolute Gasteiger partial charge is 0.458 e. The number of esters is 1. The Hall–Kier alpha value is -0.693. The van der Waals surface area contributed by atoms with Crippen LogP contribution in [0, 0.1) is 0 Å². The molecule has 0 rings (SSSR count). The summed E-state index contributed by atoms with van der Waals surface area (Å²) < 4.78 is 21.7. The molecule has 0 radical (unpaired) electrons. The highest BCUT2D eigenvalue weighted by molar-refractivity contribution is 6.60. The van der Waals surface area contributed by atoms with Crippen molar-refractivity contribution in [3.05, 3.63) is 12.2 Å². The van der Waals surface area contributed by atoms with Crippen LogP contribution in [0.25, 0.3) is 0 Å². The lowest BCUT2D eigenvalue weighted by Crippen LogP contribution is -2.51. The van der Waals surface area contributed by atoms with Crippen molar-refractivity contribution in [2.45, 2.75) is 27.7 Å². The second-order valence-electron chi connectivity index (χ2n) is 3.34. The zero-order valence-corrected chi connectivity index (χ0v) is 12.1. The Balaban J connectivity index is 4.53. The van der Waals surface area contributed by atoms with Gasteiger partial charge in [-0.15, -0.1) is 0 Å². The van der Waals surface area contributed by atoms with Gasteiger partial charge in [0.05, 0.1) is 0 Å². The number of carbonyl (C=O) groups excluding carboxylic acids is 1. The molecule has 0 bridgehead atoms. The van der Waals surface area contributed by atoms with Crippen LogP contribution in [-0.4, -0.2) is 40.8 Å². The van der Waals surface area contributed by atoms with E-state index in [2.05, 4.69) is 6.58 Å². The van der Waals surface area contributed by atoms with Crippen molar-refractivity contribution >= 4 is 14.8 Å². The minimum Gasteiger partial charge on any atom is -0.458 e. The molecule has 0 saturated heterocycles. The van der Waals surface area contributed by atoms with Crippen LogP contribution in [0.5, 0.6) is 0 Å². The van der Waals surface area contributed by atoms with Gasteiger partial charge in [-0.25, -0.2) is 4.79 Å². The van der Waals surface area contributed by atoms with Crippen molar-refractivity contribution in [3.63, 3.8) is 0 Å². The predicted octanol–water partition coefficient (Wildman–Crippen LogP) is 1.69. The second kappa shape index (κ2) is 8.41. The van der Waals surface area contributed by atoms with Crippen LogP contribution in [0.15, 0.2) is 12.2 Å². The number of ether oxygens (including phenoxy) is 1. The molecule has 0 N–H and O–H groups in total. The molecule has 0 unspecified atom stereocenters. The molecule has 0 spiro atoms. The van der Waals surface area contributed by atoms with E-state index >= 15 is 0 Å². The summed E-state index contributed by atoms with van der Waals surface area (Å²) in [5.74, 6) is -0.457. The summed E-state index contributed by atoms with van der Waals surface area (Å²) in [5, 5.41) is 0. The fraction of sp³-hybridized carbons (Fsp3) is 0.727.